The highest BCUT2D eigenvalue weighted by molar-refractivity contribution is 5.57. The minimum Gasteiger partial charge on any atom is -0.196 e. The van der Waals surface area contributed by atoms with Crippen molar-refractivity contribution in [3.8, 4) is 22.8 Å². The van der Waals surface area contributed by atoms with Gasteiger partial charge in [-0.25, -0.2) is 0 Å². The number of pyridine rings is 3. The van der Waals surface area contributed by atoms with Gasteiger partial charge < -0.3 is 0 Å². The van der Waals surface area contributed by atoms with Crippen molar-refractivity contribution in [1.82, 2.24) is 0 Å². The van der Waals surface area contributed by atoms with E-state index in [2.05, 4.69) is 146 Å². The van der Waals surface area contributed by atoms with Gasteiger partial charge in [-0.15, -0.1) is 0 Å². The molecule has 0 amide bonds. The molecule has 3 aromatic rings. The number of rotatable bonds is 2. The molecule has 3 heteroatoms. The monoisotopic (exact) mass is 446 g/mol. The van der Waals surface area contributed by atoms with Gasteiger partial charge in [-0.2, -0.15) is 13.7 Å². The molecule has 3 rings (SSSR count). The molecule has 0 unspecified atom stereocenters. The van der Waals surface area contributed by atoms with Crippen LogP contribution in [0.2, 0.25) is 0 Å². The summed E-state index contributed by atoms with van der Waals surface area (Å²) >= 11 is 0. The van der Waals surface area contributed by atoms with Crippen LogP contribution in [0.5, 0.6) is 0 Å². The van der Waals surface area contributed by atoms with Crippen LogP contribution in [-0.2, 0) is 37.4 Å². The molecule has 0 fully saturated rings. The molecule has 3 nitrogen and oxygen atoms in total. The topological polar surface area (TPSA) is 11.6 Å². The van der Waals surface area contributed by atoms with Crippen LogP contribution in [-0.4, -0.2) is 0 Å². The first-order chi connectivity index (χ1) is 15.0. The van der Waals surface area contributed by atoms with Crippen LogP contribution in [0, 0.1) is 0 Å². The Morgan fingerprint density at radius 3 is 1.06 bits per heavy atom. The van der Waals surface area contributed by atoms with Crippen molar-refractivity contribution in [2.24, 2.45) is 21.1 Å². The number of hydrogen-bond acceptors (Lipinski definition) is 0. The molecule has 0 aromatic carbocycles. The summed E-state index contributed by atoms with van der Waals surface area (Å²) in [6.07, 6.45) is 4.39. The van der Waals surface area contributed by atoms with Crippen molar-refractivity contribution in [1.29, 1.82) is 0 Å². The number of hydrogen-bond donors (Lipinski definition) is 0. The molecular formula is C30H44N3+3. The lowest BCUT2D eigenvalue weighted by molar-refractivity contribution is -0.697. The van der Waals surface area contributed by atoms with E-state index in [9.17, 15) is 0 Å². The van der Waals surface area contributed by atoms with E-state index in [0.717, 1.165) is 0 Å². The average molecular weight is 447 g/mol. The highest BCUT2D eigenvalue weighted by atomic mass is 15.0. The SMILES string of the molecule is C[n+]1ccc(C(C)(C)C)cc1-c1cc(C(C)(C)C)cc(-c2cc(C(C)(C)C)cc[n+]2C)[n+]1C. The van der Waals surface area contributed by atoms with Crippen LogP contribution in [0.25, 0.3) is 22.8 Å². The zero-order chi connectivity index (χ0) is 24.9. The van der Waals surface area contributed by atoms with Crippen LogP contribution in [0.3, 0.4) is 0 Å². The first kappa shape index (κ1) is 25.1. The van der Waals surface area contributed by atoms with Crippen LogP contribution >= 0.6 is 0 Å². The van der Waals surface area contributed by atoms with Crippen molar-refractivity contribution in [2.75, 3.05) is 0 Å². The van der Waals surface area contributed by atoms with Crippen molar-refractivity contribution in [3.63, 3.8) is 0 Å². The van der Waals surface area contributed by atoms with Gasteiger partial charge in [0.05, 0.1) is 0 Å². The van der Waals surface area contributed by atoms with Gasteiger partial charge in [-0.1, -0.05) is 62.3 Å². The van der Waals surface area contributed by atoms with E-state index in [-0.39, 0.29) is 16.2 Å². The molecule has 0 atom stereocenters. The van der Waals surface area contributed by atoms with Crippen LogP contribution in [0.4, 0.5) is 0 Å². The highest BCUT2D eigenvalue weighted by Gasteiger charge is 2.32. The Morgan fingerprint density at radius 2 is 0.758 bits per heavy atom. The fraction of sp³-hybridized carbons (Fsp3) is 0.500. The number of aromatic nitrogens is 3. The Kier molecular flexibility index (Phi) is 6.34. The van der Waals surface area contributed by atoms with Crippen molar-refractivity contribution >= 4 is 0 Å². The lowest BCUT2D eigenvalue weighted by Crippen LogP contribution is -2.44. The van der Waals surface area contributed by atoms with E-state index >= 15 is 0 Å². The lowest BCUT2D eigenvalue weighted by Gasteiger charge is -2.21. The van der Waals surface area contributed by atoms with Gasteiger partial charge in [0.2, 0.25) is 0 Å². The fourth-order valence-electron chi connectivity index (χ4n) is 4.17. The standard InChI is InChI=1S/C30H44N3/c1-28(2,3)21-13-15-31(10)24(17-21)26-19-23(30(7,8)9)20-27(33(26)12)25-18-22(29(4,5)6)14-16-32(25)11/h13-20H,1-12H3/q+3. The van der Waals surface area contributed by atoms with Crippen LogP contribution < -0.4 is 13.7 Å². The Balaban J connectivity index is 2.39. The minimum absolute atomic E-state index is 0.0399. The van der Waals surface area contributed by atoms with E-state index in [4.69, 9.17) is 0 Å². The minimum atomic E-state index is 0.0399. The lowest BCUT2D eigenvalue weighted by atomic mass is 9.84. The molecule has 0 spiro atoms. The van der Waals surface area contributed by atoms with Crippen LogP contribution in [0.15, 0.2) is 48.8 Å². The molecule has 0 bridgehead atoms. The normalized spacial score (nSPS) is 12.8. The molecule has 3 heterocycles. The second-order valence-corrected chi connectivity index (χ2v) is 12.6. The van der Waals surface area contributed by atoms with E-state index < -0.39 is 0 Å². The van der Waals surface area contributed by atoms with Crippen molar-refractivity contribution < 1.29 is 13.7 Å². The first-order valence-electron chi connectivity index (χ1n) is 12.1. The van der Waals surface area contributed by atoms with Crippen LogP contribution in [0.1, 0.15) is 79.0 Å². The molecule has 0 N–H and O–H groups in total. The zero-order valence-corrected chi connectivity index (χ0v) is 23.0. The molecule has 0 aliphatic heterocycles. The third kappa shape index (κ3) is 5.18. The quantitative estimate of drug-likeness (QED) is 0.468. The summed E-state index contributed by atoms with van der Waals surface area (Å²) in [6.45, 7) is 20.6. The maximum Gasteiger partial charge on any atom is 0.278 e. The van der Waals surface area contributed by atoms with Gasteiger partial charge in [0.1, 0.15) is 21.1 Å². The highest BCUT2D eigenvalue weighted by Crippen LogP contribution is 2.31. The van der Waals surface area contributed by atoms with E-state index in [0.29, 0.717) is 0 Å². The molecule has 0 saturated heterocycles. The maximum absolute atomic E-state index is 2.37. The summed E-state index contributed by atoms with van der Waals surface area (Å²) in [7, 11) is 6.49. The molecule has 0 aliphatic rings. The van der Waals surface area contributed by atoms with Gasteiger partial charge in [0, 0.05) is 36.4 Å². The molecular weight excluding hydrogens is 402 g/mol. The van der Waals surface area contributed by atoms with E-state index in [1.165, 1.54) is 39.5 Å². The van der Waals surface area contributed by atoms with Crippen molar-refractivity contribution in [3.05, 3.63) is 65.5 Å². The fourth-order valence-corrected chi connectivity index (χ4v) is 4.17. The third-order valence-electron chi connectivity index (χ3n) is 6.73. The van der Waals surface area contributed by atoms with Gasteiger partial charge in [-0.3, -0.25) is 0 Å². The Morgan fingerprint density at radius 1 is 0.455 bits per heavy atom. The molecule has 0 aliphatic carbocycles. The van der Waals surface area contributed by atoms with Gasteiger partial charge in [-0.05, 0) is 32.9 Å². The van der Waals surface area contributed by atoms with E-state index in [1.54, 1.807) is 0 Å². The second-order valence-electron chi connectivity index (χ2n) is 12.6. The second kappa shape index (κ2) is 8.34. The molecule has 0 radical (unpaired) electrons. The Labute approximate surface area is 201 Å². The maximum atomic E-state index is 2.37. The smallest absolute Gasteiger partial charge is 0.196 e. The largest absolute Gasteiger partial charge is 0.278 e. The molecule has 33 heavy (non-hydrogen) atoms. The van der Waals surface area contributed by atoms with Gasteiger partial charge in [0.15, 0.2) is 12.4 Å². The summed E-state index contributed by atoms with van der Waals surface area (Å²) in [6, 6.07) is 13.9. The molecule has 0 saturated carbocycles. The average Bonchev–Trinajstić information content (AvgIpc) is 2.66. The molecule has 176 valence electrons. The number of nitrogens with zero attached hydrogens (tertiary/aromatic N) is 3. The number of aryl methyl sites for hydroxylation is 2. The zero-order valence-electron chi connectivity index (χ0n) is 23.0. The predicted octanol–water partition coefficient (Wildman–Crippen LogP) is 5.39. The van der Waals surface area contributed by atoms with Crippen molar-refractivity contribution in [2.45, 2.75) is 78.6 Å². The Hall–Kier alpha value is -2.55. The predicted molar refractivity (Wildman–Crippen MR) is 137 cm³/mol. The summed E-state index contributed by atoms with van der Waals surface area (Å²) in [5, 5.41) is 0. The first-order valence-corrected chi connectivity index (χ1v) is 12.1. The molecule has 3 aromatic heterocycles. The summed E-state index contributed by atoms with van der Waals surface area (Å²) in [5.41, 5.74) is 9.18. The van der Waals surface area contributed by atoms with Gasteiger partial charge in [0.25, 0.3) is 22.8 Å². The van der Waals surface area contributed by atoms with Gasteiger partial charge >= 0.3 is 0 Å². The summed E-state index contributed by atoms with van der Waals surface area (Å²) in [4.78, 5) is 0. The Bertz CT molecular complexity index is 1100. The third-order valence-corrected chi connectivity index (χ3v) is 6.73. The summed E-state index contributed by atoms with van der Waals surface area (Å²) < 4.78 is 6.84. The van der Waals surface area contributed by atoms with E-state index in [1.807, 2.05) is 0 Å². The summed E-state index contributed by atoms with van der Waals surface area (Å²) in [5.74, 6) is 0.